The van der Waals surface area contributed by atoms with Crippen LogP contribution < -0.4 is 9.77 Å². The second-order valence-corrected chi connectivity index (χ2v) is 6.36. The van der Waals surface area contributed by atoms with Crippen LogP contribution in [-0.4, -0.2) is 23.2 Å². The van der Waals surface area contributed by atoms with Crippen molar-refractivity contribution >= 4 is 17.0 Å². The minimum Gasteiger partial charge on any atom is -0.494 e. The predicted octanol–water partition coefficient (Wildman–Crippen LogP) is 2.64. The van der Waals surface area contributed by atoms with E-state index in [0.29, 0.717) is 11.3 Å². The summed E-state index contributed by atoms with van der Waals surface area (Å²) in [5.41, 5.74) is 3.65. The van der Waals surface area contributed by atoms with Crippen molar-refractivity contribution in [2.24, 2.45) is 0 Å². The number of anilines is 1. The molecule has 106 valence electrons. The molecule has 0 amide bonds. The predicted molar refractivity (Wildman–Crippen MR) is 82.0 cm³/mol. The summed E-state index contributed by atoms with van der Waals surface area (Å²) in [6.07, 6.45) is 3.06. The third-order valence-electron chi connectivity index (χ3n) is 3.74. The normalized spacial score (nSPS) is 14.9. The fourth-order valence-corrected chi connectivity index (χ4v) is 3.47. The summed E-state index contributed by atoms with van der Waals surface area (Å²) >= 11 is 1.09. The van der Waals surface area contributed by atoms with Gasteiger partial charge in [0.05, 0.1) is 4.88 Å². The Morgan fingerprint density at radius 2 is 2.10 bits per heavy atom. The van der Waals surface area contributed by atoms with Gasteiger partial charge in [-0.15, -0.1) is 0 Å². The number of rotatable bonds is 3. The molecule has 20 heavy (non-hydrogen) atoms. The molecule has 1 aliphatic rings. The summed E-state index contributed by atoms with van der Waals surface area (Å²) in [4.78, 5) is 16.6. The Hall–Kier alpha value is -1.75. The number of H-pyrrole nitrogens is 1. The SMILES string of the molecule is Cc1ccc(Cc2sc(=O)[nH]c2O)c(N2CCCC2)c1. The lowest BCUT2D eigenvalue weighted by Gasteiger charge is -2.22. The molecule has 0 bridgehead atoms. The van der Waals surface area contributed by atoms with Crippen molar-refractivity contribution in [3.63, 3.8) is 0 Å². The van der Waals surface area contributed by atoms with Gasteiger partial charge in [-0.2, -0.15) is 0 Å². The molecule has 1 aliphatic heterocycles. The Balaban J connectivity index is 1.96. The molecule has 0 spiro atoms. The zero-order chi connectivity index (χ0) is 14.1. The van der Waals surface area contributed by atoms with Gasteiger partial charge in [-0.05, 0) is 37.0 Å². The van der Waals surface area contributed by atoms with Gasteiger partial charge >= 0.3 is 4.87 Å². The molecule has 0 atom stereocenters. The molecule has 5 heteroatoms. The third-order valence-corrected chi connectivity index (χ3v) is 4.61. The van der Waals surface area contributed by atoms with Gasteiger partial charge in [0.2, 0.25) is 5.88 Å². The first-order valence-corrected chi connectivity index (χ1v) is 7.70. The molecule has 4 nitrogen and oxygen atoms in total. The summed E-state index contributed by atoms with van der Waals surface area (Å²) in [6, 6.07) is 6.39. The highest BCUT2D eigenvalue weighted by Gasteiger charge is 2.17. The first-order valence-electron chi connectivity index (χ1n) is 6.89. The van der Waals surface area contributed by atoms with Crippen molar-refractivity contribution in [2.75, 3.05) is 18.0 Å². The van der Waals surface area contributed by atoms with Crippen LogP contribution in [0.2, 0.25) is 0 Å². The number of aromatic nitrogens is 1. The summed E-state index contributed by atoms with van der Waals surface area (Å²) in [5, 5.41) is 9.74. The van der Waals surface area contributed by atoms with Crippen LogP contribution in [0.5, 0.6) is 5.88 Å². The third kappa shape index (κ3) is 2.58. The van der Waals surface area contributed by atoms with E-state index in [2.05, 4.69) is 35.0 Å². The fraction of sp³-hybridized carbons (Fsp3) is 0.400. The number of nitrogens with zero attached hydrogens (tertiary/aromatic N) is 1. The lowest BCUT2D eigenvalue weighted by molar-refractivity contribution is 0.451. The zero-order valence-electron chi connectivity index (χ0n) is 11.5. The van der Waals surface area contributed by atoms with Crippen LogP contribution in [0, 0.1) is 6.92 Å². The largest absolute Gasteiger partial charge is 0.494 e. The van der Waals surface area contributed by atoms with Crippen molar-refractivity contribution in [2.45, 2.75) is 26.2 Å². The second-order valence-electron chi connectivity index (χ2n) is 5.29. The van der Waals surface area contributed by atoms with E-state index in [1.165, 1.54) is 29.7 Å². The fourth-order valence-electron chi connectivity index (χ4n) is 2.72. The minimum atomic E-state index is -0.202. The second kappa shape index (κ2) is 5.32. The lowest BCUT2D eigenvalue weighted by Crippen LogP contribution is -2.19. The highest BCUT2D eigenvalue weighted by molar-refractivity contribution is 7.09. The zero-order valence-corrected chi connectivity index (χ0v) is 12.3. The van der Waals surface area contributed by atoms with Gasteiger partial charge in [0.25, 0.3) is 0 Å². The smallest absolute Gasteiger partial charge is 0.307 e. The van der Waals surface area contributed by atoms with Gasteiger partial charge < -0.3 is 10.0 Å². The first kappa shape index (κ1) is 13.2. The molecule has 2 N–H and O–H groups in total. The molecule has 0 unspecified atom stereocenters. The molecule has 0 radical (unpaired) electrons. The van der Waals surface area contributed by atoms with E-state index in [1.54, 1.807) is 0 Å². The van der Waals surface area contributed by atoms with Gasteiger partial charge in [0.1, 0.15) is 0 Å². The maximum absolute atomic E-state index is 11.3. The molecular formula is C15H18N2O2S. The monoisotopic (exact) mass is 290 g/mol. The van der Waals surface area contributed by atoms with Crippen LogP contribution >= 0.6 is 11.3 Å². The van der Waals surface area contributed by atoms with E-state index in [1.807, 2.05) is 0 Å². The average Bonchev–Trinajstić information content (AvgIpc) is 3.02. The molecule has 1 aromatic heterocycles. The summed E-state index contributed by atoms with van der Waals surface area (Å²) in [6.45, 7) is 4.27. The van der Waals surface area contributed by atoms with Crippen LogP contribution in [-0.2, 0) is 6.42 Å². The highest BCUT2D eigenvalue weighted by atomic mass is 32.1. The van der Waals surface area contributed by atoms with Crippen molar-refractivity contribution in [1.29, 1.82) is 0 Å². The van der Waals surface area contributed by atoms with Gasteiger partial charge in [0, 0.05) is 25.2 Å². The van der Waals surface area contributed by atoms with E-state index in [-0.39, 0.29) is 10.8 Å². The number of aromatic amines is 1. The standard InChI is InChI=1S/C15H18N2O2S/c1-10-4-5-11(9-13-14(18)16-15(19)20-13)12(8-10)17-6-2-3-7-17/h4-5,8,18H,2-3,6-7,9H2,1H3,(H,16,19). The minimum absolute atomic E-state index is 0.00736. The summed E-state index contributed by atoms with van der Waals surface area (Å²) in [7, 11) is 0. The van der Waals surface area contributed by atoms with Crippen molar-refractivity contribution in [3.8, 4) is 5.88 Å². The quantitative estimate of drug-likeness (QED) is 0.913. The Morgan fingerprint density at radius 3 is 2.75 bits per heavy atom. The van der Waals surface area contributed by atoms with E-state index in [0.717, 1.165) is 24.4 Å². The molecule has 1 aromatic carbocycles. The molecule has 0 saturated carbocycles. The topological polar surface area (TPSA) is 56.3 Å². The number of aromatic hydroxyl groups is 1. The molecule has 2 heterocycles. The molecule has 1 saturated heterocycles. The van der Waals surface area contributed by atoms with Crippen LogP contribution in [0.3, 0.4) is 0 Å². The van der Waals surface area contributed by atoms with Gasteiger partial charge in [-0.3, -0.25) is 9.78 Å². The lowest BCUT2D eigenvalue weighted by atomic mass is 10.1. The van der Waals surface area contributed by atoms with Crippen LogP contribution in [0.1, 0.15) is 28.8 Å². The van der Waals surface area contributed by atoms with Gasteiger partial charge in [-0.1, -0.05) is 23.5 Å². The van der Waals surface area contributed by atoms with Crippen molar-refractivity contribution < 1.29 is 5.11 Å². The van der Waals surface area contributed by atoms with E-state index in [4.69, 9.17) is 0 Å². The van der Waals surface area contributed by atoms with Crippen LogP contribution in [0.15, 0.2) is 23.0 Å². The summed E-state index contributed by atoms with van der Waals surface area (Å²) in [5.74, 6) is 0.00736. The van der Waals surface area contributed by atoms with Gasteiger partial charge in [0.15, 0.2) is 0 Å². The number of thiazole rings is 1. The number of hydrogen-bond acceptors (Lipinski definition) is 4. The number of hydrogen-bond donors (Lipinski definition) is 2. The summed E-state index contributed by atoms with van der Waals surface area (Å²) < 4.78 is 0. The molecule has 0 aliphatic carbocycles. The number of nitrogens with one attached hydrogen (secondary N) is 1. The van der Waals surface area contributed by atoms with E-state index < -0.39 is 0 Å². The van der Waals surface area contributed by atoms with Crippen molar-refractivity contribution in [3.05, 3.63) is 43.9 Å². The molecular weight excluding hydrogens is 272 g/mol. The van der Waals surface area contributed by atoms with Crippen molar-refractivity contribution in [1.82, 2.24) is 4.98 Å². The Morgan fingerprint density at radius 1 is 1.35 bits per heavy atom. The van der Waals surface area contributed by atoms with Crippen LogP contribution in [0.4, 0.5) is 5.69 Å². The Kier molecular flexibility index (Phi) is 3.53. The number of benzene rings is 1. The number of aryl methyl sites for hydroxylation is 1. The van der Waals surface area contributed by atoms with E-state index in [9.17, 15) is 9.90 Å². The maximum atomic E-state index is 11.3. The Labute approximate surface area is 121 Å². The average molecular weight is 290 g/mol. The maximum Gasteiger partial charge on any atom is 0.307 e. The molecule has 3 rings (SSSR count). The Bertz CT molecular complexity index is 669. The molecule has 1 fully saturated rings. The molecule has 2 aromatic rings. The van der Waals surface area contributed by atoms with Gasteiger partial charge in [-0.25, -0.2) is 0 Å². The van der Waals surface area contributed by atoms with Crippen LogP contribution in [0.25, 0.3) is 0 Å². The van der Waals surface area contributed by atoms with E-state index >= 15 is 0 Å². The highest BCUT2D eigenvalue weighted by Crippen LogP contribution is 2.30. The first-order chi connectivity index (χ1) is 9.63.